The van der Waals surface area contributed by atoms with Gasteiger partial charge in [-0.2, -0.15) is 5.10 Å². The van der Waals surface area contributed by atoms with Crippen LogP contribution in [0.1, 0.15) is 55.5 Å². The molecule has 0 atom stereocenters. The van der Waals surface area contributed by atoms with Crippen LogP contribution in [-0.2, 0) is 37.1 Å². The van der Waals surface area contributed by atoms with Gasteiger partial charge in [-0.1, -0.05) is 29.8 Å². The summed E-state index contributed by atoms with van der Waals surface area (Å²) in [7, 11) is -0.635. The van der Waals surface area contributed by atoms with E-state index in [1.54, 1.807) is 41.7 Å². The summed E-state index contributed by atoms with van der Waals surface area (Å²) >= 11 is 6.30. The fourth-order valence-corrected chi connectivity index (χ4v) is 6.80. The zero-order chi connectivity index (χ0) is 34.7. The van der Waals surface area contributed by atoms with Gasteiger partial charge < -0.3 is 24.7 Å². The Bertz CT molecular complexity index is 2090. The second kappa shape index (κ2) is 14.3. The van der Waals surface area contributed by atoms with Gasteiger partial charge in [0.2, 0.25) is 10.0 Å². The monoisotopic (exact) mass is 694 g/mol. The van der Waals surface area contributed by atoms with Crippen LogP contribution >= 0.6 is 11.6 Å². The first kappa shape index (κ1) is 34.7. The van der Waals surface area contributed by atoms with Crippen LogP contribution in [0.2, 0.25) is 5.02 Å². The third kappa shape index (κ3) is 7.28. The number of hydrogen-bond acceptors (Lipinski definition) is 7. The van der Waals surface area contributed by atoms with Crippen molar-refractivity contribution in [3.8, 4) is 16.9 Å². The number of amides is 2. The molecule has 0 saturated heterocycles. The maximum atomic E-state index is 13.7. The summed E-state index contributed by atoms with van der Waals surface area (Å²) in [6.07, 6.45) is 2.62. The molecule has 0 fully saturated rings. The second-order valence-electron chi connectivity index (χ2n) is 11.7. The first-order valence-electron chi connectivity index (χ1n) is 15.4. The smallest absolute Gasteiger partial charge is 0.281 e. The number of aliphatic hydroxyl groups excluding tert-OH is 1. The van der Waals surface area contributed by atoms with Gasteiger partial charge in [-0.25, -0.2) is 13.1 Å². The summed E-state index contributed by atoms with van der Waals surface area (Å²) in [5.74, 6) is -1.06. The summed E-state index contributed by atoms with van der Waals surface area (Å²) in [6.45, 7) is 5.57. The molecule has 5 aromatic rings. The van der Waals surface area contributed by atoms with E-state index in [0.29, 0.717) is 52.7 Å². The maximum absolute atomic E-state index is 13.7. The lowest BCUT2D eigenvalue weighted by molar-refractivity contribution is 0.0947. The second-order valence-corrected chi connectivity index (χ2v) is 13.9. The summed E-state index contributed by atoms with van der Waals surface area (Å²) in [6, 6.07) is 12.7. The Kier molecular flexibility index (Phi) is 10.3. The standard InChI is InChI=1S/C34H39ClN6O6S/c1-20-17-23(18-21(2)30(20)35)47-15-8-11-25-24-9-6-10-26(29-22(3)41(5)38-27(29)19-42)31(24)37-32(25)34(44)39-48(45,46)16-13-36-33(43)28-12-7-14-40(28)4/h6-7,9-10,12,14,17-18,37,42H,8,11,13,15-16,19H2,1-5H3,(H,36,43)(H,39,44). The summed E-state index contributed by atoms with van der Waals surface area (Å²) in [5, 5.41) is 18.5. The number of fused-ring (bicyclic) bond motifs is 1. The summed E-state index contributed by atoms with van der Waals surface area (Å²) in [4.78, 5) is 29.3. The van der Waals surface area contributed by atoms with Crippen molar-refractivity contribution >= 4 is 44.3 Å². The number of sulfonamides is 1. The van der Waals surface area contributed by atoms with E-state index in [0.717, 1.165) is 33.3 Å². The van der Waals surface area contributed by atoms with E-state index in [9.17, 15) is 23.1 Å². The number of carbonyl (C=O) groups is 2. The van der Waals surface area contributed by atoms with Gasteiger partial charge in [0.25, 0.3) is 11.8 Å². The number of ether oxygens (including phenoxy) is 1. The van der Waals surface area contributed by atoms with Gasteiger partial charge >= 0.3 is 0 Å². The molecule has 0 radical (unpaired) electrons. The number of hydrogen-bond donors (Lipinski definition) is 4. The summed E-state index contributed by atoms with van der Waals surface area (Å²) < 4.78 is 37.5. The van der Waals surface area contributed by atoms with Crippen LogP contribution in [-0.4, -0.2) is 63.6 Å². The molecular formula is C34H39ClN6O6S. The minimum Gasteiger partial charge on any atom is -0.494 e. The predicted molar refractivity (Wildman–Crippen MR) is 185 cm³/mol. The number of carbonyl (C=O) groups excluding carboxylic acids is 2. The molecule has 254 valence electrons. The Morgan fingerprint density at radius 2 is 1.79 bits per heavy atom. The molecule has 2 aromatic carbocycles. The highest BCUT2D eigenvalue weighted by Gasteiger charge is 2.25. The van der Waals surface area contributed by atoms with Gasteiger partial charge in [0, 0.05) is 54.1 Å². The number of aliphatic hydroxyl groups is 1. The highest BCUT2D eigenvalue weighted by molar-refractivity contribution is 7.90. The van der Waals surface area contributed by atoms with Gasteiger partial charge in [0.15, 0.2) is 0 Å². The van der Waals surface area contributed by atoms with Crippen molar-refractivity contribution in [3.05, 3.63) is 93.2 Å². The highest BCUT2D eigenvalue weighted by atomic mass is 35.5. The first-order valence-corrected chi connectivity index (χ1v) is 17.5. The Balaban J connectivity index is 1.41. The third-order valence-corrected chi connectivity index (χ3v) is 10.2. The van der Waals surface area contributed by atoms with Crippen LogP contribution in [0.15, 0.2) is 48.7 Å². The first-order chi connectivity index (χ1) is 22.8. The van der Waals surface area contributed by atoms with Crippen molar-refractivity contribution in [1.82, 2.24) is 29.4 Å². The minimum atomic E-state index is -4.13. The SMILES string of the molecule is Cc1cc(OCCCc2c(C(=O)NS(=O)(=O)CCNC(=O)c3cccn3C)[nH]c3c(-c4c(CO)nn(C)c4C)cccc23)cc(C)c1Cl. The number of H-pyrrole nitrogens is 1. The number of benzene rings is 2. The van der Waals surface area contributed by atoms with Crippen LogP contribution in [0.25, 0.3) is 22.0 Å². The molecule has 0 aliphatic heterocycles. The van der Waals surface area contributed by atoms with E-state index in [1.807, 2.05) is 51.1 Å². The van der Waals surface area contributed by atoms with E-state index >= 15 is 0 Å². The van der Waals surface area contributed by atoms with Crippen LogP contribution in [0.3, 0.4) is 0 Å². The molecule has 0 bridgehead atoms. The number of nitrogens with zero attached hydrogens (tertiary/aromatic N) is 3. The number of aryl methyl sites for hydroxylation is 5. The fourth-order valence-electron chi connectivity index (χ4n) is 5.83. The van der Waals surface area contributed by atoms with E-state index in [4.69, 9.17) is 16.3 Å². The summed E-state index contributed by atoms with van der Waals surface area (Å²) in [5.41, 5.74) is 6.26. The van der Waals surface area contributed by atoms with Crippen molar-refractivity contribution in [2.45, 2.75) is 40.2 Å². The number of rotatable bonds is 13. The Morgan fingerprint density at radius 1 is 1.06 bits per heavy atom. The molecule has 4 N–H and O–H groups in total. The number of aromatic nitrogens is 4. The molecule has 3 heterocycles. The average Bonchev–Trinajstić information content (AvgIpc) is 3.72. The third-order valence-electron chi connectivity index (χ3n) is 8.32. The molecule has 48 heavy (non-hydrogen) atoms. The molecule has 3 aromatic heterocycles. The van der Waals surface area contributed by atoms with Crippen molar-refractivity contribution in [3.63, 3.8) is 0 Å². The molecule has 2 amide bonds. The number of para-hydroxylation sites is 1. The molecule has 0 spiro atoms. The van der Waals surface area contributed by atoms with Crippen molar-refractivity contribution < 1.29 is 27.9 Å². The van der Waals surface area contributed by atoms with Gasteiger partial charge in [0.1, 0.15) is 17.1 Å². The Hall–Kier alpha value is -4.59. The molecule has 5 rings (SSSR count). The zero-order valence-electron chi connectivity index (χ0n) is 27.5. The molecule has 14 heteroatoms. The average molecular weight is 695 g/mol. The maximum Gasteiger partial charge on any atom is 0.281 e. The van der Waals surface area contributed by atoms with Crippen molar-refractivity contribution in [2.75, 3.05) is 18.9 Å². The number of halogens is 1. The van der Waals surface area contributed by atoms with Gasteiger partial charge in [0.05, 0.1) is 30.2 Å². The normalized spacial score (nSPS) is 11.6. The van der Waals surface area contributed by atoms with Crippen LogP contribution in [0.4, 0.5) is 0 Å². The van der Waals surface area contributed by atoms with Crippen molar-refractivity contribution in [1.29, 1.82) is 0 Å². The Morgan fingerprint density at radius 3 is 2.46 bits per heavy atom. The molecular weight excluding hydrogens is 656 g/mol. The number of nitrogens with one attached hydrogen (secondary N) is 3. The van der Waals surface area contributed by atoms with Crippen LogP contribution in [0, 0.1) is 20.8 Å². The Labute approximate surface area is 284 Å². The molecule has 0 saturated carbocycles. The van der Waals surface area contributed by atoms with E-state index in [-0.39, 0.29) is 18.8 Å². The highest BCUT2D eigenvalue weighted by Crippen LogP contribution is 2.36. The van der Waals surface area contributed by atoms with Gasteiger partial charge in [-0.15, -0.1) is 0 Å². The largest absolute Gasteiger partial charge is 0.494 e. The van der Waals surface area contributed by atoms with E-state index in [2.05, 4.69) is 20.1 Å². The molecule has 12 nitrogen and oxygen atoms in total. The van der Waals surface area contributed by atoms with Crippen molar-refractivity contribution in [2.24, 2.45) is 14.1 Å². The van der Waals surface area contributed by atoms with Crippen LogP contribution in [0.5, 0.6) is 5.75 Å². The lowest BCUT2D eigenvalue weighted by atomic mass is 9.98. The predicted octanol–water partition coefficient (Wildman–Crippen LogP) is 4.48. The lowest BCUT2D eigenvalue weighted by Gasteiger charge is -2.11. The molecule has 0 aliphatic rings. The van der Waals surface area contributed by atoms with Crippen LogP contribution < -0.4 is 14.8 Å². The lowest BCUT2D eigenvalue weighted by Crippen LogP contribution is -2.38. The fraction of sp³-hybridized carbons (Fsp3) is 0.324. The molecule has 0 aliphatic carbocycles. The molecule has 0 unspecified atom stereocenters. The van der Waals surface area contributed by atoms with Gasteiger partial charge in [-0.3, -0.25) is 14.3 Å². The van der Waals surface area contributed by atoms with E-state index in [1.165, 1.54) is 0 Å². The minimum absolute atomic E-state index is 0.0964. The number of aromatic amines is 1. The topological polar surface area (TPSA) is 160 Å². The van der Waals surface area contributed by atoms with Gasteiger partial charge in [-0.05, 0) is 74.6 Å². The van der Waals surface area contributed by atoms with E-state index < -0.39 is 27.6 Å². The quantitative estimate of drug-likeness (QED) is 0.132. The zero-order valence-corrected chi connectivity index (χ0v) is 29.1.